The van der Waals surface area contributed by atoms with Crippen LogP contribution in [0.3, 0.4) is 0 Å². The van der Waals surface area contributed by atoms with Crippen molar-refractivity contribution in [2.75, 3.05) is 32.8 Å². The van der Waals surface area contributed by atoms with Gasteiger partial charge in [0, 0.05) is 44.6 Å². The predicted octanol–water partition coefficient (Wildman–Crippen LogP) is -0.261. The first kappa shape index (κ1) is 39.4. The molecule has 0 aliphatic heterocycles. The zero-order chi connectivity index (χ0) is 36.1. The lowest BCUT2D eigenvalue weighted by atomic mass is 9.85. The summed E-state index contributed by atoms with van der Waals surface area (Å²) in [7, 11) is 0. The summed E-state index contributed by atoms with van der Waals surface area (Å²) >= 11 is 0. The molecule has 2 atom stereocenters. The molecule has 3 rings (SSSR count). The van der Waals surface area contributed by atoms with Crippen molar-refractivity contribution >= 4 is 35.9 Å². The van der Waals surface area contributed by atoms with Crippen molar-refractivity contribution < 1.29 is 37.9 Å². The molecule has 1 aliphatic carbocycles. The lowest BCUT2D eigenvalue weighted by molar-refractivity contribution is -0.132. The summed E-state index contributed by atoms with van der Waals surface area (Å²) in [6, 6.07) is 8.57. The Morgan fingerprint density at radius 1 is 0.920 bits per heavy atom. The minimum atomic E-state index is -1.06. The maximum Gasteiger partial charge on any atom is 0.244 e. The van der Waals surface area contributed by atoms with E-state index in [-0.39, 0.29) is 56.9 Å². The second-order valence-corrected chi connectivity index (χ2v) is 11.9. The highest BCUT2D eigenvalue weighted by Crippen LogP contribution is 2.24. The molecule has 0 bridgehead atoms. The highest BCUT2D eigenvalue weighted by atomic mass is 16.5. The van der Waals surface area contributed by atoms with E-state index in [1.807, 2.05) is 0 Å². The van der Waals surface area contributed by atoms with Crippen LogP contribution in [0.25, 0.3) is 0 Å². The van der Waals surface area contributed by atoms with Crippen molar-refractivity contribution in [2.45, 2.75) is 70.1 Å². The van der Waals surface area contributed by atoms with Crippen LogP contribution >= 0.6 is 0 Å². The fourth-order valence-corrected chi connectivity index (χ4v) is 5.55. The molecule has 1 aliphatic rings. The Hall–Kier alpha value is -5.02. The number of hydrogen-bond donors (Lipinski definition) is 7. The number of nitrogens with one attached hydrogen (secondary N) is 6. The van der Waals surface area contributed by atoms with E-state index in [1.165, 1.54) is 12.3 Å². The first-order valence-electron chi connectivity index (χ1n) is 16.9. The Bertz CT molecular complexity index is 1420. The normalized spacial score (nSPS) is 16.8. The number of ether oxygens (including phenoxy) is 1. The van der Waals surface area contributed by atoms with Gasteiger partial charge in [0.1, 0.15) is 17.8 Å². The Labute approximate surface area is 291 Å². The molecular formula is C35H49N7O8. The molecule has 15 nitrogen and oxygen atoms in total. The SMILES string of the molecule is C/C=C\C(=O)NC[C@H](NC(=O)Cc1ccccc1CNC(=O)[C@H](Cc1ccco1)NC(=O)C1CCC(NC=O)CC1)C(=O)NCCOCCN. The minimum Gasteiger partial charge on any atom is -0.469 e. The van der Waals surface area contributed by atoms with E-state index in [9.17, 15) is 28.8 Å². The molecule has 1 aromatic carbocycles. The van der Waals surface area contributed by atoms with Crippen molar-refractivity contribution in [3.05, 3.63) is 71.7 Å². The topological polar surface area (TPSA) is 223 Å². The first-order valence-corrected chi connectivity index (χ1v) is 16.9. The van der Waals surface area contributed by atoms with Crippen LogP contribution in [-0.2, 0) is 52.9 Å². The molecule has 0 saturated heterocycles. The standard InChI is InChI=1S/C35H49N7O8/c1-2-6-31(44)38-22-30(35(48)37-15-18-49-17-14-36)41-32(45)19-25-7-3-4-8-26(25)21-39-34(47)29(20-28-9-5-16-50-28)42-33(46)24-10-12-27(13-11-24)40-23-43/h2-9,16,23-24,27,29-30H,10-15,17-22,36H2,1H3,(H,37,48)(H,38,44)(H,39,47)(H,40,43)(H,41,45)(H,42,46)/b6-2-/t24?,27?,29-,30-/m0/s1. The van der Waals surface area contributed by atoms with Gasteiger partial charge in [-0.25, -0.2) is 0 Å². The highest BCUT2D eigenvalue weighted by Gasteiger charge is 2.30. The van der Waals surface area contributed by atoms with E-state index >= 15 is 0 Å². The molecule has 0 radical (unpaired) electrons. The van der Waals surface area contributed by atoms with Crippen LogP contribution in [0.2, 0.25) is 0 Å². The molecule has 1 heterocycles. The lowest BCUT2D eigenvalue weighted by Gasteiger charge is -2.28. The second-order valence-electron chi connectivity index (χ2n) is 11.9. The largest absolute Gasteiger partial charge is 0.469 e. The Balaban J connectivity index is 1.62. The quantitative estimate of drug-likeness (QED) is 0.0519. The molecule has 1 fully saturated rings. The fraction of sp³-hybridized carbons (Fsp3) is 0.486. The molecule has 1 saturated carbocycles. The molecule has 50 heavy (non-hydrogen) atoms. The first-order chi connectivity index (χ1) is 24.2. The van der Waals surface area contributed by atoms with Crippen molar-refractivity contribution in [1.82, 2.24) is 31.9 Å². The molecule has 2 aromatic rings. The summed E-state index contributed by atoms with van der Waals surface area (Å²) in [5.74, 6) is -1.78. The number of hydrogen-bond acceptors (Lipinski definition) is 9. The van der Waals surface area contributed by atoms with Gasteiger partial charge in [-0.15, -0.1) is 0 Å². The summed E-state index contributed by atoms with van der Waals surface area (Å²) in [5, 5.41) is 16.5. The zero-order valence-corrected chi connectivity index (χ0v) is 28.4. The Morgan fingerprint density at radius 2 is 1.66 bits per heavy atom. The number of carbonyl (C=O) groups is 6. The van der Waals surface area contributed by atoms with Crippen molar-refractivity contribution in [3.63, 3.8) is 0 Å². The van der Waals surface area contributed by atoms with E-state index in [2.05, 4.69) is 31.9 Å². The van der Waals surface area contributed by atoms with Gasteiger partial charge in [0.25, 0.3) is 0 Å². The zero-order valence-electron chi connectivity index (χ0n) is 28.4. The van der Waals surface area contributed by atoms with Gasteiger partial charge in [-0.2, -0.15) is 0 Å². The van der Waals surface area contributed by atoms with Gasteiger partial charge in [-0.1, -0.05) is 30.3 Å². The van der Waals surface area contributed by atoms with Gasteiger partial charge in [-0.3, -0.25) is 28.8 Å². The van der Waals surface area contributed by atoms with Gasteiger partial charge < -0.3 is 46.8 Å². The summed E-state index contributed by atoms with van der Waals surface area (Å²) in [4.78, 5) is 75.6. The van der Waals surface area contributed by atoms with Gasteiger partial charge in [-0.05, 0) is 61.9 Å². The maximum atomic E-state index is 13.5. The number of nitrogens with two attached hydrogens (primary N) is 1. The maximum absolute atomic E-state index is 13.5. The van der Waals surface area contributed by atoms with Crippen LogP contribution in [-0.4, -0.2) is 86.9 Å². The molecule has 8 N–H and O–H groups in total. The van der Waals surface area contributed by atoms with E-state index in [4.69, 9.17) is 14.9 Å². The van der Waals surface area contributed by atoms with Crippen molar-refractivity contribution in [3.8, 4) is 0 Å². The Morgan fingerprint density at radius 3 is 2.34 bits per heavy atom. The number of carbonyl (C=O) groups excluding carboxylic acids is 6. The van der Waals surface area contributed by atoms with Gasteiger partial charge in [0.05, 0.1) is 25.9 Å². The van der Waals surface area contributed by atoms with Gasteiger partial charge >= 0.3 is 0 Å². The van der Waals surface area contributed by atoms with E-state index in [0.717, 1.165) is 0 Å². The number of rotatable bonds is 21. The number of furan rings is 1. The van der Waals surface area contributed by atoms with Crippen LogP contribution < -0.4 is 37.6 Å². The summed E-state index contributed by atoms with van der Waals surface area (Å²) < 4.78 is 10.7. The smallest absolute Gasteiger partial charge is 0.244 e. The van der Waals surface area contributed by atoms with Crippen LogP contribution in [0.1, 0.15) is 49.5 Å². The summed E-state index contributed by atoms with van der Waals surface area (Å²) in [5.41, 5.74) is 6.69. The number of allylic oxidation sites excluding steroid dienone is 1. The van der Waals surface area contributed by atoms with Crippen LogP contribution in [0.4, 0.5) is 0 Å². The van der Waals surface area contributed by atoms with Gasteiger partial charge in [0.2, 0.25) is 35.9 Å². The third kappa shape index (κ3) is 13.8. The van der Waals surface area contributed by atoms with Crippen LogP contribution in [0.15, 0.2) is 59.2 Å². The van der Waals surface area contributed by atoms with Crippen molar-refractivity contribution in [1.29, 1.82) is 0 Å². The molecule has 0 unspecified atom stereocenters. The molecule has 272 valence electrons. The molecule has 15 heteroatoms. The number of amides is 6. The third-order valence-electron chi connectivity index (χ3n) is 8.20. The van der Waals surface area contributed by atoms with E-state index in [0.29, 0.717) is 62.1 Å². The molecule has 1 aromatic heterocycles. The minimum absolute atomic E-state index is 0.0414. The monoisotopic (exact) mass is 695 g/mol. The van der Waals surface area contributed by atoms with E-state index < -0.39 is 35.7 Å². The predicted molar refractivity (Wildman–Crippen MR) is 184 cm³/mol. The third-order valence-corrected chi connectivity index (χ3v) is 8.20. The van der Waals surface area contributed by atoms with Gasteiger partial charge in [0.15, 0.2) is 0 Å². The van der Waals surface area contributed by atoms with Crippen molar-refractivity contribution in [2.24, 2.45) is 11.7 Å². The summed E-state index contributed by atoms with van der Waals surface area (Å²) in [6.45, 7) is 2.74. The number of benzene rings is 1. The molecular weight excluding hydrogens is 646 g/mol. The molecule has 0 spiro atoms. The second kappa shape index (κ2) is 21.8. The average molecular weight is 696 g/mol. The lowest BCUT2D eigenvalue weighted by Crippen LogP contribution is -2.53. The van der Waals surface area contributed by atoms with Crippen LogP contribution in [0.5, 0.6) is 0 Å². The molecule has 6 amide bonds. The van der Waals surface area contributed by atoms with E-state index in [1.54, 1.807) is 49.4 Å². The highest BCUT2D eigenvalue weighted by molar-refractivity contribution is 5.91. The van der Waals surface area contributed by atoms with Crippen LogP contribution in [0, 0.1) is 5.92 Å². The Kier molecular flexibility index (Phi) is 17.2. The summed E-state index contributed by atoms with van der Waals surface area (Å²) in [6.07, 6.45) is 7.62. The fourth-order valence-electron chi connectivity index (χ4n) is 5.55. The average Bonchev–Trinajstić information content (AvgIpc) is 3.63.